The summed E-state index contributed by atoms with van der Waals surface area (Å²) in [6.07, 6.45) is 3.18. The summed E-state index contributed by atoms with van der Waals surface area (Å²) >= 11 is 3.39. The largest absolute Gasteiger partial charge is 0.467 e. The fraction of sp³-hybridized carbons (Fsp3) is 0.294. The van der Waals surface area contributed by atoms with Gasteiger partial charge in [0.2, 0.25) is 11.8 Å². The molecule has 1 aromatic carbocycles. The Balaban J connectivity index is 1.51. The summed E-state index contributed by atoms with van der Waals surface area (Å²) in [4.78, 5) is 24.2. The van der Waals surface area contributed by atoms with Crippen LogP contribution in [0.15, 0.2) is 51.6 Å². The Morgan fingerprint density at radius 3 is 2.48 bits per heavy atom. The molecule has 1 fully saturated rings. The molecule has 2 N–H and O–H groups in total. The molecule has 1 heterocycles. The van der Waals surface area contributed by atoms with E-state index in [0.717, 1.165) is 22.9 Å². The van der Waals surface area contributed by atoms with Crippen molar-refractivity contribution in [3.63, 3.8) is 0 Å². The minimum atomic E-state index is -0.470. The lowest BCUT2D eigenvalue weighted by molar-refractivity contribution is -0.127. The number of rotatable bonds is 6. The van der Waals surface area contributed by atoms with Gasteiger partial charge >= 0.3 is 0 Å². The maximum atomic E-state index is 12.4. The highest BCUT2D eigenvalue weighted by Crippen LogP contribution is 2.48. The Morgan fingerprint density at radius 1 is 1.13 bits per heavy atom. The van der Waals surface area contributed by atoms with Crippen molar-refractivity contribution in [2.75, 3.05) is 6.54 Å². The molecule has 0 bridgehead atoms. The van der Waals surface area contributed by atoms with Crippen molar-refractivity contribution in [3.05, 3.63) is 58.5 Å². The van der Waals surface area contributed by atoms with Gasteiger partial charge in [-0.15, -0.1) is 0 Å². The van der Waals surface area contributed by atoms with Gasteiger partial charge in [-0.2, -0.15) is 0 Å². The highest BCUT2D eigenvalue weighted by atomic mass is 79.9. The molecule has 0 atom stereocenters. The van der Waals surface area contributed by atoms with Crippen molar-refractivity contribution < 1.29 is 14.0 Å². The van der Waals surface area contributed by atoms with Gasteiger partial charge in [-0.25, -0.2) is 0 Å². The summed E-state index contributed by atoms with van der Waals surface area (Å²) < 4.78 is 6.12. The third kappa shape index (κ3) is 3.64. The molecule has 0 unspecified atom stereocenters. The quantitative estimate of drug-likeness (QED) is 0.813. The van der Waals surface area contributed by atoms with Gasteiger partial charge < -0.3 is 15.1 Å². The normalized spacial score (nSPS) is 15.0. The molecule has 3 rings (SSSR count). The average Bonchev–Trinajstić information content (AvgIpc) is 3.20. The number of carbonyl (C=O) groups excluding carboxylic acids is 2. The maximum absolute atomic E-state index is 12.4. The molecule has 0 saturated heterocycles. The molecule has 23 heavy (non-hydrogen) atoms. The van der Waals surface area contributed by atoms with E-state index in [0.29, 0.717) is 12.3 Å². The van der Waals surface area contributed by atoms with Crippen LogP contribution in [0.1, 0.15) is 24.2 Å². The first-order valence-corrected chi connectivity index (χ1v) is 8.23. The Labute approximate surface area is 142 Å². The van der Waals surface area contributed by atoms with Crippen LogP contribution in [-0.4, -0.2) is 18.4 Å². The number of benzene rings is 1. The van der Waals surface area contributed by atoms with Crippen LogP contribution in [0.3, 0.4) is 0 Å². The second kappa shape index (κ2) is 6.58. The van der Waals surface area contributed by atoms with Gasteiger partial charge in [0.1, 0.15) is 5.76 Å². The maximum Gasteiger partial charge on any atom is 0.239 e. The van der Waals surface area contributed by atoms with E-state index in [1.54, 1.807) is 18.4 Å². The second-order valence-corrected chi connectivity index (χ2v) is 6.54. The Bertz CT molecular complexity index is 691. The van der Waals surface area contributed by atoms with Crippen LogP contribution in [0.5, 0.6) is 0 Å². The molecular formula is C17H17BrN2O3. The van der Waals surface area contributed by atoms with E-state index >= 15 is 0 Å². The number of hydrogen-bond donors (Lipinski definition) is 2. The fourth-order valence-corrected chi connectivity index (χ4v) is 2.80. The summed E-state index contributed by atoms with van der Waals surface area (Å²) in [5.41, 5.74) is 0.524. The van der Waals surface area contributed by atoms with Crippen LogP contribution >= 0.6 is 15.9 Å². The molecule has 0 spiro atoms. The van der Waals surface area contributed by atoms with Gasteiger partial charge in [-0.1, -0.05) is 28.1 Å². The van der Waals surface area contributed by atoms with Gasteiger partial charge in [-0.05, 0) is 42.7 Å². The van der Waals surface area contributed by atoms with E-state index in [4.69, 9.17) is 4.42 Å². The summed E-state index contributed by atoms with van der Waals surface area (Å²) in [7, 11) is 0. The Kier molecular flexibility index (Phi) is 4.52. The second-order valence-electron chi connectivity index (χ2n) is 5.63. The summed E-state index contributed by atoms with van der Waals surface area (Å²) in [5.74, 6) is 0.354. The van der Waals surface area contributed by atoms with Gasteiger partial charge in [0.25, 0.3) is 0 Å². The molecule has 1 saturated carbocycles. The van der Waals surface area contributed by atoms with E-state index in [1.165, 1.54) is 0 Å². The smallest absolute Gasteiger partial charge is 0.239 e. The molecule has 1 aromatic heterocycles. The van der Waals surface area contributed by atoms with Crippen molar-refractivity contribution in [3.8, 4) is 0 Å². The predicted octanol–water partition coefficient (Wildman–Crippen LogP) is 2.51. The molecule has 2 aromatic rings. The monoisotopic (exact) mass is 376 g/mol. The molecule has 5 nitrogen and oxygen atoms in total. The summed E-state index contributed by atoms with van der Waals surface area (Å²) in [6, 6.07) is 11.3. The number of hydrogen-bond acceptors (Lipinski definition) is 3. The SMILES string of the molecule is O=C(CNC(=O)C1(c2ccc(Br)cc2)CC1)NCc1ccco1. The summed E-state index contributed by atoms with van der Waals surface area (Å²) in [6.45, 7) is 0.289. The molecule has 1 aliphatic rings. The van der Waals surface area contributed by atoms with Crippen molar-refractivity contribution in [1.29, 1.82) is 0 Å². The van der Waals surface area contributed by atoms with Crippen LogP contribution in [0.2, 0.25) is 0 Å². The summed E-state index contributed by atoms with van der Waals surface area (Å²) in [5, 5.41) is 5.44. The molecule has 6 heteroatoms. The minimum absolute atomic E-state index is 0.0299. The van der Waals surface area contributed by atoms with Crippen molar-refractivity contribution in [2.24, 2.45) is 0 Å². The third-order valence-electron chi connectivity index (χ3n) is 4.03. The third-order valence-corrected chi connectivity index (χ3v) is 4.56. The zero-order valence-corrected chi connectivity index (χ0v) is 14.1. The first-order valence-electron chi connectivity index (χ1n) is 7.44. The van der Waals surface area contributed by atoms with Crippen LogP contribution in [0.25, 0.3) is 0 Å². The zero-order chi connectivity index (χ0) is 16.3. The van der Waals surface area contributed by atoms with Crippen LogP contribution in [-0.2, 0) is 21.5 Å². The number of carbonyl (C=O) groups is 2. The highest BCUT2D eigenvalue weighted by molar-refractivity contribution is 9.10. The minimum Gasteiger partial charge on any atom is -0.467 e. The van der Waals surface area contributed by atoms with Crippen LogP contribution < -0.4 is 10.6 Å². The van der Waals surface area contributed by atoms with E-state index in [2.05, 4.69) is 26.6 Å². The van der Waals surface area contributed by atoms with Gasteiger partial charge in [-0.3, -0.25) is 9.59 Å². The number of halogens is 1. The Hall–Kier alpha value is -2.08. The van der Waals surface area contributed by atoms with Crippen LogP contribution in [0.4, 0.5) is 0 Å². The topological polar surface area (TPSA) is 71.3 Å². The molecule has 0 radical (unpaired) electrons. The first-order chi connectivity index (χ1) is 11.1. The number of nitrogens with one attached hydrogen (secondary N) is 2. The van der Waals surface area contributed by atoms with Gasteiger partial charge in [0.15, 0.2) is 0 Å². The standard InChI is InChI=1S/C17H17BrN2O3/c18-13-5-3-12(4-6-13)17(7-8-17)16(22)20-11-15(21)19-10-14-2-1-9-23-14/h1-6,9H,7-8,10-11H2,(H,19,21)(H,20,22). The van der Waals surface area contributed by atoms with Crippen molar-refractivity contribution in [1.82, 2.24) is 10.6 Å². The van der Waals surface area contributed by atoms with Crippen molar-refractivity contribution in [2.45, 2.75) is 24.8 Å². The molecule has 2 amide bonds. The highest BCUT2D eigenvalue weighted by Gasteiger charge is 2.51. The van der Waals surface area contributed by atoms with Gasteiger partial charge in [0.05, 0.1) is 24.8 Å². The van der Waals surface area contributed by atoms with Crippen molar-refractivity contribution >= 4 is 27.7 Å². The predicted molar refractivity (Wildman–Crippen MR) is 88.6 cm³/mol. The lowest BCUT2D eigenvalue weighted by atomic mass is 9.95. The van der Waals surface area contributed by atoms with Gasteiger partial charge in [0, 0.05) is 4.47 Å². The Morgan fingerprint density at radius 2 is 1.87 bits per heavy atom. The van der Waals surface area contributed by atoms with E-state index in [1.807, 2.05) is 24.3 Å². The molecular weight excluding hydrogens is 360 g/mol. The van der Waals surface area contributed by atoms with E-state index in [9.17, 15) is 9.59 Å². The fourth-order valence-electron chi connectivity index (χ4n) is 2.53. The molecule has 120 valence electrons. The van der Waals surface area contributed by atoms with E-state index in [-0.39, 0.29) is 18.4 Å². The average molecular weight is 377 g/mol. The lowest BCUT2D eigenvalue weighted by Crippen LogP contribution is -2.41. The van der Waals surface area contributed by atoms with Crippen LogP contribution in [0, 0.1) is 0 Å². The molecule has 1 aliphatic carbocycles. The van der Waals surface area contributed by atoms with E-state index < -0.39 is 5.41 Å². The number of amides is 2. The first kappa shape index (κ1) is 15.8. The lowest BCUT2D eigenvalue weighted by Gasteiger charge is -2.15. The molecule has 0 aliphatic heterocycles. The zero-order valence-electron chi connectivity index (χ0n) is 12.5. The number of furan rings is 1.